The monoisotopic (exact) mass is 253 g/mol. The lowest BCUT2D eigenvalue weighted by atomic mass is 10.1. The van der Waals surface area contributed by atoms with Gasteiger partial charge in [-0.05, 0) is 25.1 Å². The van der Waals surface area contributed by atoms with Gasteiger partial charge >= 0.3 is 0 Å². The second-order valence-electron chi connectivity index (χ2n) is 4.12. The molecule has 1 aromatic carbocycles. The second-order valence-corrected chi connectivity index (χ2v) is 4.12. The van der Waals surface area contributed by atoms with E-state index in [9.17, 15) is 0 Å². The zero-order chi connectivity index (χ0) is 13.7. The van der Waals surface area contributed by atoms with Crippen LogP contribution in [0.5, 0.6) is 5.75 Å². The van der Waals surface area contributed by atoms with Crippen LogP contribution in [-0.4, -0.2) is 12.1 Å². The molecule has 2 aromatic rings. The summed E-state index contributed by atoms with van der Waals surface area (Å²) in [4.78, 5) is 4.20. The Labute approximate surface area is 112 Å². The molecule has 0 fully saturated rings. The molecule has 96 valence electrons. The molecule has 1 N–H and O–H groups in total. The van der Waals surface area contributed by atoms with Crippen molar-refractivity contribution in [2.45, 2.75) is 13.0 Å². The zero-order valence-corrected chi connectivity index (χ0v) is 10.9. The number of benzene rings is 1. The maximum Gasteiger partial charge on any atom is 0.144 e. The summed E-state index contributed by atoms with van der Waals surface area (Å²) < 4.78 is 5.34. The number of pyridine rings is 1. The number of nitrogens with zero attached hydrogens (tertiary/aromatic N) is 2. The van der Waals surface area contributed by atoms with Crippen molar-refractivity contribution in [1.82, 2.24) is 4.98 Å². The van der Waals surface area contributed by atoms with Crippen LogP contribution in [0.1, 0.15) is 24.1 Å². The summed E-state index contributed by atoms with van der Waals surface area (Å²) in [7, 11) is 1.65. The van der Waals surface area contributed by atoms with E-state index in [4.69, 9.17) is 10.00 Å². The van der Waals surface area contributed by atoms with Gasteiger partial charge in [-0.3, -0.25) is 0 Å². The Morgan fingerprint density at radius 1 is 1.26 bits per heavy atom. The largest absolute Gasteiger partial charge is 0.496 e. The minimum absolute atomic E-state index is 0.00171. The molecular formula is C15H15N3O. The maximum absolute atomic E-state index is 9.05. The normalized spacial score (nSPS) is 11.4. The Balaban J connectivity index is 2.26. The van der Waals surface area contributed by atoms with Crippen molar-refractivity contribution < 1.29 is 4.74 Å². The molecule has 0 saturated carbocycles. The van der Waals surface area contributed by atoms with E-state index in [2.05, 4.69) is 16.4 Å². The van der Waals surface area contributed by atoms with Gasteiger partial charge in [0.05, 0.1) is 18.7 Å². The van der Waals surface area contributed by atoms with Gasteiger partial charge in [0.15, 0.2) is 0 Å². The van der Waals surface area contributed by atoms with Crippen molar-refractivity contribution in [2.75, 3.05) is 12.4 Å². The average molecular weight is 253 g/mol. The van der Waals surface area contributed by atoms with Crippen LogP contribution >= 0.6 is 0 Å². The van der Waals surface area contributed by atoms with Crippen LogP contribution in [0.4, 0.5) is 5.82 Å². The molecule has 2 rings (SSSR count). The second kappa shape index (κ2) is 5.87. The first-order valence-corrected chi connectivity index (χ1v) is 6.01. The van der Waals surface area contributed by atoms with E-state index in [0.29, 0.717) is 11.4 Å². The summed E-state index contributed by atoms with van der Waals surface area (Å²) >= 11 is 0. The highest BCUT2D eigenvalue weighted by Gasteiger charge is 2.12. The average Bonchev–Trinajstić information content (AvgIpc) is 2.47. The predicted molar refractivity (Wildman–Crippen MR) is 74.0 cm³/mol. The molecule has 0 aliphatic rings. The summed E-state index contributed by atoms with van der Waals surface area (Å²) in [5.74, 6) is 1.40. The van der Waals surface area contributed by atoms with Gasteiger partial charge in [-0.15, -0.1) is 0 Å². The first kappa shape index (κ1) is 12.9. The number of aromatic nitrogens is 1. The third kappa shape index (κ3) is 2.83. The first-order valence-electron chi connectivity index (χ1n) is 6.01. The van der Waals surface area contributed by atoms with E-state index in [1.54, 1.807) is 25.4 Å². The Bertz CT molecular complexity index is 604. The van der Waals surface area contributed by atoms with Crippen molar-refractivity contribution in [3.8, 4) is 11.8 Å². The number of hydrogen-bond donors (Lipinski definition) is 1. The van der Waals surface area contributed by atoms with E-state index < -0.39 is 0 Å². The summed E-state index contributed by atoms with van der Waals surface area (Å²) in [5.41, 5.74) is 1.56. The number of nitriles is 1. The Hall–Kier alpha value is -2.54. The topological polar surface area (TPSA) is 57.9 Å². The van der Waals surface area contributed by atoms with Crippen LogP contribution in [0, 0.1) is 11.3 Å². The van der Waals surface area contributed by atoms with Gasteiger partial charge in [0.1, 0.15) is 17.6 Å². The minimum atomic E-state index is -0.00171. The van der Waals surface area contributed by atoms with Crippen molar-refractivity contribution in [3.05, 3.63) is 53.7 Å². The molecule has 0 saturated heterocycles. The Morgan fingerprint density at radius 3 is 2.79 bits per heavy atom. The van der Waals surface area contributed by atoms with Crippen LogP contribution < -0.4 is 10.1 Å². The van der Waals surface area contributed by atoms with Crippen LogP contribution in [-0.2, 0) is 0 Å². The van der Waals surface area contributed by atoms with E-state index in [0.717, 1.165) is 11.3 Å². The van der Waals surface area contributed by atoms with E-state index >= 15 is 0 Å². The number of ether oxygens (including phenoxy) is 1. The van der Waals surface area contributed by atoms with Gasteiger partial charge in [0.25, 0.3) is 0 Å². The Kier molecular flexibility index (Phi) is 3.99. The number of methoxy groups -OCH3 is 1. The van der Waals surface area contributed by atoms with Crippen LogP contribution in [0.15, 0.2) is 42.6 Å². The molecule has 0 bridgehead atoms. The first-order chi connectivity index (χ1) is 9.26. The van der Waals surface area contributed by atoms with Crippen LogP contribution in [0.25, 0.3) is 0 Å². The molecule has 4 heteroatoms. The highest BCUT2D eigenvalue weighted by atomic mass is 16.5. The Morgan fingerprint density at radius 2 is 2.05 bits per heavy atom. The molecule has 1 atom stereocenters. The summed E-state index contributed by atoms with van der Waals surface area (Å²) in [6.45, 7) is 2.01. The van der Waals surface area contributed by atoms with Crippen LogP contribution in [0.3, 0.4) is 0 Å². The molecule has 4 nitrogen and oxygen atoms in total. The van der Waals surface area contributed by atoms with Crippen LogP contribution in [0.2, 0.25) is 0 Å². The van der Waals surface area contributed by atoms with Crippen molar-refractivity contribution in [3.63, 3.8) is 0 Å². The fourth-order valence-electron chi connectivity index (χ4n) is 1.92. The van der Waals surface area contributed by atoms with E-state index in [1.807, 2.05) is 31.2 Å². The number of rotatable bonds is 4. The summed E-state index contributed by atoms with van der Waals surface area (Å²) in [6, 6.07) is 13.4. The number of anilines is 1. The van der Waals surface area contributed by atoms with E-state index in [-0.39, 0.29) is 6.04 Å². The van der Waals surface area contributed by atoms with Crippen molar-refractivity contribution in [2.24, 2.45) is 0 Å². The van der Waals surface area contributed by atoms with Gasteiger partial charge in [0.2, 0.25) is 0 Å². The fourth-order valence-corrected chi connectivity index (χ4v) is 1.92. The third-order valence-corrected chi connectivity index (χ3v) is 2.89. The fraction of sp³-hybridized carbons (Fsp3) is 0.200. The third-order valence-electron chi connectivity index (χ3n) is 2.89. The van der Waals surface area contributed by atoms with Gasteiger partial charge < -0.3 is 10.1 Å². The zero-order valence-electron chi connectivity index (χ0n) is 10.9. The van der Waals surface area contributed by atoms with Crippen molar-refractivity contribution >= 4 is 5.82 Å². The number of hydrogen-bond acceptors (Lipinski definition) is 4. The lowest BCUT2D eigenvalue weighted by Gasteiger charge is -2.18. The SMILES string of the molecule is COc1ccccc1[C@H](C)Nc1ncccc1C#N. The van der Waals surface area contributed by atoms with Gasteiger partial charge in [-0.1, -0.05) is 18.2 Å². The molecular weight excluding hydrogens is 238 g/mol. The lowest BCUT2D eigenvalue weighted by Crippen LogP contribution is -2.10. The smallest absolute Gasteiger partial charge is 0.144 e. The number of para-hydroxylation sites is 1. The summed E-state index contributed by atoms with van der Waals surface area (Å²) in [6.07, 6.45) is 1.66. The van der Waals surface area contributed by atoms with Crippen molar-refractivity contribution in [1.29, 1.82) is 5.26 Å². The predicted octanol–water partition coefficient (Wildman–Crippen LogP) is 3.13. The lowest BCUT2D eigenvalue weighted by molar-refractivity contribution is 0.408. The number of nitrogens with one attached hydrogen (secondary N) is 1. The molecule has 1 aromatic heterocycles. The molecule has 1 heterocycles. The quantitative estimate of drug-likeness (QED) is 0.909. The molecule has 19 heavy (non-hydrogen) atoms. The maximum atomic E-state index is 9.05. The van der Waals surface area contributed by atoms with Gasteiger partial charge in [-0.25, -0.2) is 4.98 Å². The molecule has 0 aliphatic heterocycles. The molecule has 0 unspecified atom stereocenters. The van der Waals surface area contributed by atoms with Gasteiger partial charge in [-0.2, -0.15) is 5.26 Å². The summed E-state index contributed by atoms with van der Waals surface area (Å²) in [5, 5.41) is 12.3. The molecule has 0 aliphatic carbocycles. The van der Waals surface area contributed by atoms with Gasteiger partial charge in [0, 0.05) is 11.8 Å². The molecule has 0 spiro atoms. The molecule has 0 amide bonds. The van der Waals surface area contributed by atoms with E-state index in [1.165, 1.54) is 0 Å². The highest BCUT2D eigenvalue weighted by molar-refractivity contribution is 5.53. The minimum Gasteiger partial charge on any atom is -0.496 e. The standard InChI is InChI=1S/C15H15N3O/c1-11(13-7-3-4-8-14(13)19-2)18-15-12(10-16)6-5-9-17-15/h3-9,11H,1-2H3,(H,17,18)/t11-/m0/s1. The molecule has 0 radical (unpaired) electrons. The highest BCUT2D eigenvalue weighted by Crippen LogP contribution is 2.27.